The van der Waals surface area contributed by atoms with Crippen molar-refractivity contribution in [2.75, 3.05) is 6.54 Å². The minimum Gasteiger partial charge on any atom is -0.401 e. The number of allylic oxidation sites excluding steroid dienone is 1. The molecule has 2 N–H and O–H groups in total. The number of halogens is 3. The Hall–Kier alpha value is -3.63. The Morgan fingerprint density at radius 3 is 2.97 bits per heavy atom. The summed E-state index contributed by atoms with van der Waals surface area (Å²) in [5.74, 6) is -0.400. The number of aromatic amines is 1. The van der Waals surface area contributed by atoms with Crippen LogP contribution in [-0.2, 0) is 0 Å². The van der Waals surface area contributed by atoms with Crippen LogP contribution in [0.2, 0.25) is 10.0 Å². The molecule has 2 aliphatic rings. The SMILES string of the molecule is CC(On1c(=O)[nH]c2nc(-c3cnn(C4C=CNC5CN=CC54)c3)ccc21)c1c(Cl)ccc(F)c1Cl. The fraction of sp³-hybridized carbons (Fsp3) is 0.250. The van der Waals surface area contributed by atoms with Crippen molar-refractivity contribution in [3.8, 4) is 11.3 Å². The number of rotatable bonds is 5. The number of fused-ring (bicyclic) bond motifs is 2. The highest BCUT2D eigenvalue weighted by atomic mass is 35.5. The first-order valence-electron chi connectivity index (χ1n) is 11.3. The van der Waals surface area contributed by atoms with Gasteiger partial charge in [-0.1, -0.05) is 23.2 Å². The van der Waals surface area contributed by atoms with Crippen LogP contribution in [0.25, 0.3) is 22.4 Å². The second-order valence-corrected chi connectivity index (χ2v) is 9.50. The molecule has 184 valence electrons. The predicted octanol–water partition coefficient (Wildman–Crippen LogP) is 3.95. The van der Waals surface area contributed by atoms with Crippen molar-refractivity contribution >= 4 is 40.6 Å². The van der Waals surface area contributed by atoms with E-state index in [1.165, 1.54) is 12.1 Å². The van der Waals surface area contributed by atoms with Crippen LogP contribution in [0.3, 0.4) is 0 Å². The Morgan fingerprint density at radius 2 is 2.11 bits per heavy atom. The summed E-state index contributed by atoms with van der Waals surface area (Å²) in [6, 6.07) is 6.39. The topological polar surface area (TPSA) is 102 Å². The summed E-state index contributed by atoms with van der Waals surface area (Å²) in [7, 11) is 0. The molecule has 0 aliphatic carbocycles. The number of imidazole rings is 1. The molecular weight excluding hydrogens is 508 g/mol. The Kier molecular flexibility index (Phi) is 5.57. The minimum atomic E-state index is -0.809. The van der Waals surface area contributed by atoms with E-state index in [0.29, 0.717) is 16.9 Å². The molecule has 0 radical (unpaired) electrons. The molecule has 4 unspecified atom stereocenters. The van der Waals surface area contributed by atoms with Crippen LogP contribution in [0, 0.1) is 11.7 Å². The number of nitrogens with zero attached hydrogens (tertiary/aromatic N) is 5. The molecule has 0 saturated heterocycles. The number of aliphatic imine (C=N–C) groups is 1. The summed E-state index contributed by atoms with van der Waals surface area (Å²) in [6.07, 6.45) is 8.86. The van der Waals surface area contributed by atoms with E-state index in [1.807, 2.05) is 23.3 Å². The number of benzene rings is 1. The van der Waals surface area contributed by atoms with E-state index in [9.17, 15) is 9.18 Å². The van der Waals surface area contributed by atoms with E-state index >= 15 is 0 Å². The lowest BCUT2D eigenvalue weighted by molar-refractivity contribution is 0.0492. The summed E-state index contributed by atoms with van der Waals surface area (Å²) < 4.78 is 16.9. The molecule has 3 aromatic heterocycles. The summed E-state index contributed by atoms with van der Waals surface area (Å²) in [5.41, 5.74) is 1.90. The van der Waals surface area contributed by atoms with Gasteiger partial charge < -0.3 is 10.2 Å². The van der Waals surface area contributed by atoms with Crippen LogP contribution >= 0.6 is 23.2 Å². The van der Waals surface area contributed by atoms with Crippen molar-refractivity contribution in [2.45, 2.75) is 25.1 Å². The van der Waals surface area contributed by atoms with Gasteiger partial charge in [0.15, 0.2) is 11.8 Å². The fourth-order valence-corrected chi connectivity index (χ4v) is 5.35. The number of aromatic nitrogens is 5. The maximum atomic E-state index is 14.0. The predicted molar refractivity (Wildman–Crippen MR) is 135 cm³/mol. The molecule has 0 bridgehead atoms. The van der Waals surface area contributed by atoms with E-state index in [2.05, 4.69) is 31.5 Å². The number of hydrogen-bond donors (Lipinski definition) is 2. The molecule has 5 heterocycles. The van der Waals surface area contributed by atoms with E-state index < -0.39 is 17.6 Å². The summed E-state index contributed by atoms with van der Waals surface area (Å²) >= 11 is 12.3. The second kappa shape index (κ2) is 8.79. The quantitative estimate of drug-likeness (QED) is 0.382. The van der Waals surface area contributed by atoms with Gasteiger partial charge in [-0.2, -0.15) is 5.10 Å². The van der Waals surface area contributed by atoms with Crippen molar-refractivity contribution in [3.05, 3.63) is 80.8 Å². The Morgan fingerprint density at radius 1 is 1.25 bits per heavy atom. The van der Waals surface area contributed by atoms with Gasteiger partial charge in [0.05, 0.1) is 35.5 Å². The molecule has 12 heteroatoms. The zero-order chi connectivity index (χ0) is 25.0. The normalized spacial score (nSPS) is 21.5. The molecule has 2 aliphatic heterocycles. The van der Waals surface area contributed by atoms with Crippen LogP contribution in [0.15, 0.2) is 58.7 Å². The van der Waals surface area contributed by atoms with E-state index in [-0.39, 0.29) is 33.6 Å². The molecule has 0 spiro atoms. The van der Waals surface area contributed by atoms with Gasteiger partial charge in [-0.3, -0.25) is 14.7 Å². The number of H-pyrrole nitrogens is 1. The van der Waals surface area contributed by atoms with Crippen molar-refractivity contribution < 1.29 is 9.23 Å². The fourth-order valence-electron chi connectivity index (χ4n) is 4.68. The Labute approximate surface area is 214 Å². The molecule has 0 saturated carbocycles. The summed E-state index contributed by atoms with van der Waals surface area (Å²) in [5, 5.41) is 7.97. The number of pyridine rings is 1. The van der Waals surface area contributed by atoms with E-state index in [4.69, 9.17) is 28.0 Å². The standard InChI is InChI=1S/C24H20Cl2FN7O2/c1-12(21-15(25)2-3-16(27)22(21)26)36-34-20-5-4-17(31-23(20)32-24(34)35)13-8-30-33(11-13)19-6-7-29-18-10-28-9-14(18)19/h2-9,11-12,14,18-19,29H,10H2,1H3,(H,31,32,35). The first-order valence-corrected chi connectivity index (χ1v) is 12.1. The molecule has 0 amide bonds. The van der Waals surface area contributed by atoms with Gasteiger partial charge in [-0.15, -0.1) is 4.73 Å². The lowest BCUT2D eigenvalue weighted by Gasteiger charge is -2.29. The van der Waals surface area contributed by atoms with Crippen molar-refractivity contribution in [1.29, 1.82) is 0 Å². The first-order chi connectivity index (χ1) is 17.4. The zero-order valence-electron chi connectivity index (χ0n) is 18.9. The van der Waals surface area contributed by atoms with Crippen LogP contribution in [0.4, 0.5) is 4.39 Å². The number of hydrogen-bond acceptors (Lipinski definition) is 6. The maximum Gasteiger partial charge on any atom is 0.360 e. The largest absolute Gasteiger partial charge is 0.401 e. The molecule has 4 aromatic rings. The highest BCUT2D eigenvalue weighted by Gasteiger charge is 2.33. The van der Waals surface area contributed by atoms with Gasteiger partial charge >= 0.3 is 5.69 Å². The highest BCUT2D eigenvalue weighted by molar-refractivity contribution is 6.36. The maximum absolute atomic E-state index is 14.0. The average Bonchev–Trinajstić information content (AvgIpc) is 3.60. The third-order valence-corrected chi connectivity index (χ3v) is 7.21. The van der Waals surface area contributed by atoms with E-state index in [0.717, 1.165) is 16.8 Å². The highest BCUT2D eigenvalue weighted by Crippen LogP contribution is 2.33. The van der Waals surface area contributed by atoms with Gasteiger partial charge in [0.2, 0.25) is 0 Å². The van der Waals surface area contributed by atoms with Crippen molar-refractivity contribution in [2.24, 2.45) is 10.9 Å². The third kappa shape index (κ3) is 3.77. The van der Waals surface area contributed by atoms with Crippen molar-refractivity contribution in [1.82, 2.24) is 29.8 Å². The Balaban J connectivity index is 1.29. The number of nitrogens with one attached hydrogen (secondary N) is 2. The van der Waals surface area contributed by atoms with Crippen LogP contribution in [0.5, 0.6) is 0 Å². The molecule has 1 aromatic carbocycles. The zero-order valence-corrected chi connectivity index (χ0v) is 20.4. The molecule has 0 fully saturated rings. The smallest absolute Gasteiger partial charge is 0.360 e. The first kappa shape index (κ1) is 22.8. The van der Waals surface area contributed by atoms with Crippen LogP contribution in [-0.4, -0.2) is 43.3 Å². The van der Waals surface area contributed by atoms with Crippen LogP contribution < -0.4 is 15.8 Å². The van der Waals surface area contributed by atoms with Gasteiger partial charge in [0.25, 0.3) is 0 Å². The molecule has 36 heavy (non-hydrogen) atoms. The molecular formula is C24H20Cl2FN7O2. The van der Waals surface area contributed by atoms with Gasteiger partial charge in [-0.05, 0) is 43.5 Å². The lowest BCUT2D eigenvalue weighted by Crippen LogP contribution is -2.40. The Bertz CT molecular complexity index is 1590. The lowest BCUT2D eigenvalue weighted by atomic mass is 9.92. The minimum absolute atomic E-state index is 0.0530. The second-order valence-electron chi connectivity index (χ2n) is 8.72. The van der Waals surface area contributed by atoms with Gasteiger partial charge in [0, 0.05) is 34.5 Å². The summed E-state index contributed by atoms with van der Waals surface area (Å²) in [6.45, 7) is 2.38. The van der Waals surface area contributed by atoms with Crippen molar-refractivity contribution in [3.63, 3.8) is 0 Å². The monoisotopic (exact) mass is 527 g/mol. The van der Waals surface area contributed by atoms with Gasteiger partial charge in [-0.25, -0.2) is 14.2 Å². The molecule has 9 nitrogen and oxygen atoms in total. The summed E-state index contributed by atoms with van der Waals surface area (Å²) in [4.78, 5) is 30.2. The molecule has 6 rings (SSSR count). The third-order valence-electron chi connectivity index (χ3n) is 6.50. The van der Waals surface area contributed by atoms with Gasteiger partial charge in [0.1, 0.15) is 11.3 Å². The van der Waals surface area contributed by atoms with Crippen LogP contribution in [0.1, 0.15) is 24.6 Å². The average molecular weight is 528 g/mol. The molecule has 4 atom stereocenters. The van der Waals surface area contributed by atoms with E-state index in [1.54, 1.807) is 25.3 Å².